The lowest BCUT2D eigenvalue weighted by Crippen LogP contribution is -2.15. The minimum absolute atomic E-state index is 0.323. The Labute approximate surface area is 118 Å². The fourth-order valence-corrected chi connectivity index (χ4v) is 3.58. The van der Waals surface area contributed by atoms with Crippen LogP contribution in [0.25, 0.3) is 11.5 Å². The van der Waals surface area contributed by atoms with E-state index in [2.05, 4.69) is 36.2 Å². The van der Waals surface area contributed by atoms with Crippen molar-refractivity contribution in [1.29, 1.82) is 0 Å². The summed E-state index contributed by atoms with van der Waals surface area (Å²) in [4.78, 5) is 4.63. The van der Waals surface area contributed by atoms with Crippen molar-refractivity contribution in [3.63, 3.8) is 0 Å². The highest BCUT2D eigenvalue weighted by Gasteiger charge is 2.43. The minimum Gasteiger partial charge on any atom is -0.374 e. The van der Waals surface area contributed by atoms with Gasteiger partial charge in [0.2, 0.25) is 0 Å². The van der Waals surface area contributed by atoms with Gasteiger partial charge in [-0.2, -0.15) is 10.2 Å². The Morgan fingerprint density at radius 2 is 2.37 bits per heavy atom. The molecule has 0 aromatic carbocycles. The van der Waals surface area contributed by atoms with Crippen LogP contribution in [0.1, 0.15) is 31.0 Å². The van der Waals surface area contributed by atoms with Crippen molar-refractivity contribution in [2.75, 3.05) is 0 Å². The largest absolute Gasteiger partial charge is 0.374 e. The summed E-state index contributed by atoms with van der Waals surface area (Å²) in [5.74, 6) is 2.01. The van der Waals surface area contributed by atoms with Crippen LogP contribution in [0.5, 0.6) is 0 Å². The van der Waals surface area contributed by atoms with Gasteiger partial charge in [-0.05, 0) is 35.2 Å². The van der Waals surface area contributed by atoms with Crippen LogP contribution in [0.2, 0.25) is 0 Å². The Morgan fingerprint density at radius 1 is 1.47 bits per heavy atom. The van der Waals surface area contributed by atoms with Crippen molar-refractivity contribution in [3.8, 4) is 11.5 Å². The SMILES string of the molecule is Cn1nc(Br)cc1-c1n[nH]c(C2CC3CCC2O3)n1. The summed E-state index contributed by atoms with van der Waals surface area (Å²) >= 11 is 3.36. The predicted octanol–water partition coefficient (Wildman–Crippen LogP) is 2.00. The summed E-state index contributed by atoms with van der Waals surface area (Å²) in [5, 5.41) is 11.6. The zero-order valence-corrected chi connectivity index (χ0v) is 12.1. The fraction of sp³-hybridized carbons (Fsp3) is 0.583. The number of halogens is 1. The van der Waals surface area contributed by atoms with Crippen LogP contribution in [-0.2, 0) is 11.8 Å². The van der Waals surface area contributed by atoms with E-state index < -0.39 is 0 Å². The molecule has 0 spiro atoms. The van der Waals surface area contributed by atoms with E-state index in [0.717, 1.165) is 29.0 Å². The van der Waals surface area contributed by atoms with Gasteiger partial charge < -0.3 is 4.74 Å². The highest BCUT2D eigenvalue weighted by molar-refractivity contribution is 9.10. The third-order valence-electron chi connectivity index (χ3n) is 4.04. The van der Waals surface area contributed by atoms with Crippen molar-refractivity contribution in [1.82, 2.24) is 25.0 Å². The number of hydrogen-bond acceptors (Lipinski definition) is 4. The van der Waals surface area contributed by atoms with Crippen LogP contribution in [0.15, 0.2) is 10.7 Å². The first-order valence-electron chi connectivity index (χ1n) is 6.48. The Kier molecular flexibility index (Phi) is 2.53. The first kappa shape index (κ1) is 11.6. The van der Waals surface area contributed by atoms with Crippen LogP contribution >= 0.6 is 15.9 Å². The van der Waals surface area contributed by atoms with Crippen LogP contribution in [0.3, 0.4) is 0 Å². The number of ether oxygens (including phenoxy) is 1. The lowest BCUT2D eigenvalue weighted by atomic mass is 9.89. The predicted molar refractivity (Wildman–Crippen MR) is 71.5 cm³/mol. The minimum atomic E-state index is 0.323. The summed E-state index contributed by atoms with van der Waals surface area (Å²) in [6.45, 7) is 0. The van der Waals surface area contributed by atoms with Crippen molar-refractivity contribution >= 4 is 15.9 Å². The number of rotatable bonds is 2. The number of H-pyrrole nitrogens is 1. The summed E-state index contributed by atoms with van der Waals surface area (Å²) in [7, 11) is 1.89. The van der Waals surface area contributed by atoms with Gasteiger partial charge in [0.1, 0.15) is 16.1 Å². The molecule has 3 unspecified atom stereocenters. The molecule has 0 radical (unpaired) electrons. The van der Waals surface area contributed by atoms with Crippen molar-refractivity contribution in [3.05, 3.63) is 16.5 Å². The lowest BCUT2D eigenvalue weighted by molar-refractivity contribution is 0.0999. The molecule has 2 aliphatic heterocycles. The molecule has 0 amide bonds. The lowest BCUT2D eigenvalue weighted by Gasteiger charge is -2.14. The molecule has 0 aliphatic carbocycles. The van der Waals surface area contributed by atoms with E-state index >= 15 is 0 Å². The van der Waals surface area contributed by atoms with Gasteiger partial charge in [-0.25, -0.2) is 4.98 Å². The molecule has 0 saturated carbocycles. The molecule has 2 aromatic heterocycles. The van der Waals surface area contributed by atoms with Crippen molar-refractivity contribution in [2.45, 2.75) is 37.4 Å². The molecule has 2 bridgehead atoms. The van der Waals surface area contributed by atoms with Gasteiger partial charge in [-0.1, -0.05) is 0 Å². The van der Waals surface area contributed by atoms with E-state index in [9.17, 15) is 0 Å². The highest BCUT2D eigenvalue weighted by Crippen LogP contribution is 2.43. The van der Waals surface area contributed by atoms with E-state index in [1.54, 1.807) is 4.68 Å². The molecular formula is C12H14BrN5O. The Morgan fingerprint density at radius 3 is 3.00 bits per heavy atom. The van der Waals surface area contributed by atoms with Gasteiger partial charge >= 0.3 is 0 Å². The molecule has 19 heavy (non-hydrogen) atoms. The maximum atomic E-state index is 5.87. The zero-order valence-electron chi connectivity index (χ0n) is 10.5. The number of nitrogens with zero attached hydrogens (tertiary/aromatic N) is 4. The van der Waals surface area contributed by atoms with Gasteiger partial charge in [0, 0.05) is 19.0 Å². The Hall–Kier alpha value is -1.21. The molecule has 2 fully saturated rings. The van der Waals surface area contributed by atoms with E-state index in [4.69, 9.17) is 4.74 Å². The topological polar surface area (TPSA) is 68.6 Å². The first-order chi connectivity index (χ1) is 9.20. The number of aromatic nitrogens is 5. The monoisotopic (exact) mass is 323 g/mol. The van der Waals surface area contributed by atoms with Crippen LogP contribution in [-0.4, -0.2) is 37.2 Å². The van der Waals surface area contributed by atoms with Crippen LogP contribution in [0, 0.1) is 0 Å². The van der Waals surface area contributed by atoms with Crippen LogP contribution in [0.4, 0.5) is 0 Å². The number of nitrogens with one attached hydrogen (secondary N) is 1. The van der Waals surface area contributed by atoms with E-state index in [-0.39, 0.29) is 0 Å². The Balaban J connectivity index is 1.65. The first-order valence-corrected chi connectivity index (χ1v) is 7.27. The normalized spacial score (nSPS) is 29.3. The number of hydrogen-bond donors (Lipinski definition) is 1. The molecular weight excluding hydrogens is 310 g/mol. The quantitative estimate of drug-likeness (QED) is 0.917. The molecule has 2 aromatic rings. The molecule has 2 saturated heterocycles. The molecule has 4 rings (SSSR count). The fourth-order valence-electron chi connectivity index (χ4n) is 3.12. The van der Waals surface area contributed by atoms with Crippen molar-refractivity contribution in [2.24, 2.45) is 7.05 Å². The van der Waals surface area contributed by atoms with Gasteiger partial charge in [-0.3, -0.25) is 9.78 Å². The van der Waals surface area contributed by atoms with Crippen LogP contribution < -0.4 is 0 Å². The van der Waals surface area contributed by atoms with Crippen molar-refractivity contribution < 1.29 is 4.74 Å². The third-order valence-corrected chi connectivity index (χ3v) is 4.43. The summed E-state index contributed by atoms with van der Waals surface area (Å²) in [5.41, 5.74) is 0.901. The number of fused-ring (bicyclic) bond motifs is 2. The molecule has 3 atom stereocenters. The third kappa shape index (κ3) is 1.83. The molecule has 100 valence electrons. The molecule has 1 N–H and O–H groups in total. The number of aromatic amines is 1. The smallest absolute Gasteiger partial charge is 0.199 e. The van der Waals surface area contributed by atoms with Gasteiger partial charge in [0.25, 0.3) is 0 Å². The summed E-state index contributed by atoms with van der Waals surface area (Å²) in [6.07, 6.45) is 4.15. The standard InChI is InChI=1S/C12H14BrN5O/c1-18-8(5-10(13)17-18)12-14-11(15-16-12)7-4-6-2-3-9(7)19-6/h5-7,9H,2-4H2,1H3,(H,14,15,16). The average molecular weight is 324 g/mol. The van der Waals surface area contributed by atoms with E-state index in [0.29, 0.717) is 24.0 Å². The average Bonchev–Trinajstić information content (AvgIpc) is 3.11. The van der Waals surface area contributed by atoms with E-state index in [1.165, 1.54) is 6.42 Å². The summed E-state index contributed by atoms with van der Waals surface area (Å²) in [6, 6.07) is 1.92. The second-order valence-electron chi connectivity index (χ2n) is 5.24. The zero-order chi connectivity index (χ0) is 13.0. The Bertz CT molecular complexity index is 621. The number of aryl methyl sites for hydroxylation is 1. The second-order valence-corrected chi connectivity index (χ2v) is 6.05. The molecule has 4 heterocycles. The maximum absolute atomic E-state index is 5.87. The molecule has 7 heteroatoms. The van der Waals surface area contributed by atoms with Gasteiger partial charge in [-0.15, -0.1) is 0 Å². The highest BCUT2D eigenvalue weighted by atomic mass is 79.9. The maximum Gasteiger partial charge on any atom is 0.199 e. The second kappa shape index (κ2) is 4.14. The molecule has 2 aliphatic rings. The van der Waals surface area contributed by atoms with E-state index in [1.807, 2.05) is 13.1 Å². The summed E-state index contributed by atoms with van der Waals surface area (Å²) < 4.78 is 8.43. The molecule has 6 nitrogen and oxygen atoms in total. The van der Waals surface area contributed by atoms with Gasteiger partial charge in [0.05, 0.1) is 12.2 Å². The van der Waals surface area contributed by atoms with Gasteiger partial charge in [0.15, 0.2) is 5.82 Å².